The van der Waals surface area contributed by atoms with E-state index in [-0.39, 0.29) is 6.79 Å². The third-order valence-electron chi connectivity index (χ3n) is 1.76. The lowest BCUT2D eigenvalue weighted by atomic mass is 10.2. The molecule has 0 spiro atoms. The summed E-state index contributed by atoms with van der Waals surface area (Å²) < 4.78 is 15.3. The summed E-state index contributed by atoms with van der Waals surface area (Å²) >= 11 is 0. The van der Waals surface area contributed by atoms with E-state index in [1.807, 2.05) is 31.2 Å². The number of rotatable bonds is 6. The first-order valence-corrected chi connectivity index (χ1v) is 4.59. The fourth-order valence-electron chi connectivity index (χ4n) is 0.945. The topological polar surface area (TPSA) is 27.7 Å². The van der Waals surface area contributed by atoms with Crippen molar-refractivity contribution < 1.29 is 14.2 Å². The van der Waals surface area contributed by atoms with E-state index in [0.717, 1.165) is 5.75 Å². The number of ether oxygens (including phenoxy) is 3. The Morgan fingerprint density at radius 3 is 2.43 bits per heavy atom. The molecule has 0 heterocycles. The number of hydrogen-bond acceptors (Lipinski definition) is 3. The predicted octanol–water partition coefficient (Wildman–Crippen LogP) is 1.99. The lowest BCUT2D eigenvalue weighted by molar-refractivity contribution is -0.00847. The van der Waals surface area contributed by atoms with Crippen molar-refractivity contribution in [2.45, 2.75) is 6.92 Å². The van der Waals surface area contributed by atoms with Gasteiger partial charge in [0.25, 0.3) is 0 Å². The number of hydrogen-bond donors (Lipinski definition) is 0. The molecular formula is C11H16O3. The maximum Gasteiger partial charge on any atom is 0.189 e. The second-order valence-electron chi connectivity index (χ2n) is 2.98. The normalized spacial score (nSPS) is 10.1. The molecule has 0 saturated heterocycles. The molecule has 0 amide bonds. The number of methoxy groups -OCH3 is 1. The summed E-state index contributed by atoms with van der Waals surface area (Å²) in [5.41, 5.74) is 1.22. The van der Waals surface area contributed by atoms with E-state index in [9.17, 15) is 0 Å². The molecule has 3 nitrogen and oxygen atoms in total. The lowest BCUT2D eigenvalue weighted by Gasteiger charge is -2.06. The molecule has 1 rings (SSSR count). The summed E-state index contributed by atoms with van der Waals surface area (Å²) in [4.78, 5) is 0. The fourth-order valence-corrected chi connectivity index (χ4v) is 0.945. The first-order chi connectivity index (χ1) is 6.83. The van der Waals surface area contributed by atoms with Crippen LogP contribution in [-0.2, 0) is 9.47 Å². The molecular weight excluding hydrogens is 180 g/mol. The molecule has 78 valence electrons. The minimum atomic E-state index is 0.270. The molecule has 0 radical (unpaired) electrons. The molecule has 0 aliphatic rings. The van der Waals surface area contributed by atoms with Crippen molar-refractivity contribution in [2.75, 3.05) is 27.1 Å². The van der Waals surface area contributed by atoms with Crippen LogP contribution in [0.15, 0.2) is 24.3 Å². The van der Waals surface area contributed by atoms with Crippen LogP contribution in [0.25, 0.3) is 0 Å². The van der Waals surface area contributed by atoms with Gasteiger partial charge in [0.1, 0.15) is 5.75 Å². The molecule has 1 aromatic rings. The summed E-state index contributed by atoms with van der Waals surface area (Å²) in [6.45, 7) is 3.46. The van der Waals surface area contributed by atoms with E-state index in [2.05, 4.69) is 0 Å². The predicted molar refractivity (Wildman–Crippen MR) is 54.5 cm³/mol. The van der Waals surface area contributed by atoms with Gasteiger partial charge in [-0.25, -0.2) is 0 Å². The van der Waals surface area contributed by atoms with Gasteiger partial charge in [0.2, 0.25) is 0 Å². The van der Waals surface area contributed by atoms with E-state index in [1.165, 1.54) is 5.56 Å². The molecule has 0 N–H and O–H groups in total. The van der Waals surface area contributed by atoms with Crippen LogP contribution in [0.3, 0.4) is 0 Å². The monoisotopic (exact) mass is 196 g/mol. The molecule has 0 aromatic heterocycles. The van der Waals surface area contributed by atoms with E-state index in [1.54, 1.807) is 7.11 Å². The Kier molecular flexibility index (Phi) is 5.04. The molecule has 3 heteroatoms. The largest absolute Gasteiger partial charge is 0.468 e. The van der Waals surface area contributed by atoms with Crippen molar-refractivity contribution in [3.05, 3.63) is 29.8 Å². The zero-order valence-corrected chi connectivity index (χ0v) is 8.66. The number of benzene rings is 1. The van der Waals surface area contributed by atoms with Crippen LogP contribution >= 0.6 is 0 Å². The molecule has 0 atom stereocenters. The van der Waals surface area contributed by atoms with Crippen molar-refractivity contribution >= 4 is 0 Å². The Hall–Kier alpha value is -1.06. The lowest BCUT2D eigenvalue weighted by Crippen LogP contribution is -2.07. The summed E-state index contributed by atoms with van der Waals surface area (Å²) in [5, 5.41) is 0. The van der Waals surface area contributed by atoms with Crippen LogP contribution < -0.4 is 4.74 Å². The van der Waals surface area contributed by atoms with Gasteiger partial charge < -0.3 is 14.2 Å². The highest BCUT2D eigenvalue weighted by Gasteiger charge is 1.92. The first-order valence-electron chi connectivity index (χ1n) is 4.59. The Morgan fingerprint density at radius 1 is 1.07 bits per heavy atom. The molecule has 0 aliphatic carbocycles. The molecule has 0 saturated carbocycles. The van der Waals surface area contributed by atoms with Gasteiger partial charge in [-0.2, -0.15) is 0 Å². The van der Waals surface area contributed by atoms with Crippen molar-refractivity contribution in [3.63, 3.8) is 0 Å². The zero-order chi connectivity index (χ0) is 10.2. The Labute approximate surface area is 84.6 Å². The summed E-state index contributed by atoms with van der Waals surface area (Å²) in [5.74, 6) is 0.827. The maximum absolute atomic E-state index is 5.33. The van der Waals surface area contributed by atoms with Gasteiger partial charge in [-0.1, -0.05) is 17.7 Å². The summed E-state index contributed by atoms with van der Waals surface area (Å²) in [7, 11) is 1.64. The standard InChI is InChI=1S/C11H16O3/c1-10-3-5-11(6-4-10)14-9-13-8-7-12-2/h3-6H,7-9H2,1-2H3. The van der Waals surface area contributed by atoms with Crippen LogP contribution in [-0.4, -0.2) is 27.1 Å². The number of aryl methyl sites for hydroxylation is 1. The van der Waals surface area contributed by atoms with E-state index in [0.29, 0.717) is 13.2 Å². The van der Waals surface area contributed by atoms with Crippen molar-refractivity contribution in [1.82, 2.24) is 0 Å². The minimum Gasteiger partial charge on any atom is -0.468 e. The zero-order valence-electron chi connectivity index (χ0n) is 8.66. The second-order valence-corrected chi connectivity index (χ2v) is 2.98. The van der Waals surface area contributed by atoms with Gasteiger partial charge in [-0.3, -0.25) is 0 Å². The van der Waals surface area contributed by atoms with Gasteiger partial charge in [0, 0.05) is 7.11 Å². The van der Waals surface area contributed by atoms with Crippen molar-refractivity contribution in [2.24, 2.45) is 0 Å². The average molecular weight is 196 g/mol. The maximum atomic E-state index is 5.33. The smallest absolute Gasteiger partial charge is 0.189 e. The highest BCUT2D eigenvalue weighted by molar-refractivity contribution is 5.26. The van der Waals surface area contributed by atoms with Crippen molar-refractivity contribution in [1.29, 1.82) is 0 Å². The highest BCUT2D eigenvalue weighted by atomic mass is 16.7. The first kappa shape index (κ1) is 11.0. The van der Waals surface area contributed by atoms with Crippen LogP contribution in [0.5, 0.6) is 5.75 Å². The highest BCUT2D eigenvalue weighted by Crippen LogP contribution is 2.10. The van der Waals surface area contributed by atoms with Crippen molar-refractivity contribution in [3.8, 4) is 5.75 Å². The van der Waals surface area contributed by atoms with Gasteiger partial charge in [-0.05, 0) is 19.1 Å². The van der Waals surface area contributed by atoms with E-state index >= 15 is 0 Å². The molecule has 0 aliphatic heterocycles. The van der Waals surface area contributed by atoms with Crippen LogP contribution in [0.4, 0.5) is 0 Å². The molecule has 14 heavy (non-hydrogen) atoms. The van der Waals surface area contributed by atoms with Gasteiger partial charge >= 0.3 is 0 Å². The molecule has 1 aromatic carbocycles. The minimum absolute atomic E-state index is 0.270. The molecule has 0 bridgehead atoms. The van der Waals surface area contributed by atoms with Gasteiger partial charge in [-0.15, -0.1) is 0 Å². The Balaban J connectivity index is 2.15. The molecule has 0 fully saturated rings. The summed E-state index contributed by atoms with van der Waals surface area (Å²) in [6, 6.07) is 7.86. The van der Waals surface area contributed by atoms with Gasteiger partial charge in [0.05, 0.1) is 13.2 Å². The van der Waals surface area contributed by atoms with Crippen LogP contribution in [0.2, 0.25) is 0 Å². The SMILES string of the molecule is COCCOCOc1ccc(C)cc1. The average Bonchev–Trinajstić information content (AvgIpc) is 2.21. The summed E-state index contributed by atoms with van der Waals surface area (Å²) in [6.07, 6.45) is 0. The molecule has 0 unspecified atom stereocenters. The van der Waals surface area contributed by atoms with E-state index < -0.39 is 0 Å². The quantitative estimate of drug-likeness (QED) is 0.514. The Bertz CT molecular complexity index is 243. The third kappa shape index (κ3) is 4.25. The van der Waals surface area contributed by atoms with E-state index in [4.69, 9.17) is 14.2 Å². The second kappa shape index (κ2) is 6.40. The Morgan fingerprint density at radius 2 is 1.79 bits per heavy atom. The van der Waals surface area contributed by atoms with Crippen LogP contribution in [0.1, 0.15) is 5.56 Å². The van der Waals surface area contributed by atoms with Crippen LogP contribution in [0, 0.1) is 6.92 Å². The fraction of sp³-hybridized carbons (Fsp3) is 0.455. The third-order valence-corrected chi connectivity index (χ3v) is 1.76. The van der Waals surface area contributed by atoms with Gasteiger partial charge in [0.15, 0.2) is 6.79 Å².